The number of hydrogen-bond donors (Lipinski definition) is 3. The Morgan fingerprint density at radius 2 is 1.77 bits per heavy atom. The molecular formula is C22H20N4O5. The molecule has 158 valence electrons. The summed E-state index contributed by atoms with van der Waals surface area (Å²) in [6.45, 7) is 1.40. The molecular weight excluding hydrogens is 400 g/mol. The third-order valence-electron chi connectivity index (χ3n) is 5.15. The molecule has 1 aliphatic rings. The van der Waals surface area contributed by atoms with Crippen LogP contribution in [0.3, 0.4) is 0 Å². The van der Waals surface area contributed by atoms with Gasteiger partial charge in [-0.2, -0.15) is 5.10 Å². The molecule has 0 saturated carbocycles. The van der Waals surface area contributed by atoms with Crippen LogP contribution in [0.5, 0.6) is 11.6 Å². The van der Waals surface area contributed by atoms with Gasteiger partial charge in [0.15, 0.2) is 0 Å². The maximum Gasteiger partial charge on any atom is 0.331 e. The number of phenolic OH excluding ortho intramolecular Hbond substituents is 1. The molecule has 0 bridgehead atoms. The molecule has 1 atom stereocenters. The molecule has 1 amide bonds. The summed E-state index contributed by atoms with van der Waals surface area (Å²) in [5.41, 5.74) is -0.0107. The summed E-state index contributed by atoms with van der Waals surface area (Å²) in [5, 5.41) is 25.9. The molecule has 0 spiro atoms. The first-order valence-corrected chi connectivity index (χ1v) is 9.61. The Hall–Kier alpha value is -4.14. The molecule has 0 fully saturated rings. The van der Waals surface area contributed by atoms with Crippen LogP contribution >= 0.6 is 0 Å². The van der Waals surface area contributed by atoms with Crippen LogP contribution in [0.4, 0.5) is 0 Å². The second kappa shape index (κ2) is 7.94. The van der Waals surface area contributed by atoms with E-state index in [1.54, 1.807) is 36.4 Å². The van der Waals surface area contributed by atoms with E-state index in [1.165, 1.54) is 24.1 Å². The highest BCUT2D eigenvalue weighted by Crippen LogP contribution is 2.34. The minimum Gasteiger partial charge on any atom is -0.508 e. The molecule has 1 aromatic heterocycles. The molecule has 4 rings (SSSR count). The van der Waals surface area contributed by atoms with E-state index in [0.29, 0.717) is 5.56 Å². The van der Waals surface area contributed by atoms with Crippen molar-refractivity contribution in [3.05, 3.63) is 92.1 Å². The minimum atomic E-state index is -0.777. The fourth-order valence-electron chi connectivity index (χ4n) is 3.64. The van der Waals surface area contributed by atoms with Crippen molar-refractivity contribution in [2.45, 2.75) is 25.9 Å². The summed E-state index contributed by atoms with van der Waals surface area (Å²) in [6.07, 6.45) is 0.157. The Labute approximate surface area is 176 Å². The number of aromatic nitrogens is 2. The topological polar surface area (TPSA) is 128 Å². The molecule has 9 nitrogen and oxygen atoms in total. The van der Waals surface area contributed by atoms with E-state index >= 15 is 0 Å². The van der Waals surface area contributed by atoms with Crippen molar-refractivity contribution in [3.63, 3.8) is 0 Å². The Kier molecular flexibility index (Phi) is 5.16. The van der Waals surface area contributed by atoms with Crippen LogP contribution in [0.25, 0.3) is 0 Å². The van der Waals surface area contributed by atoms with Gasteiger partial charge >= 0.3 is 5.69 Å². The Morgan fingerprint density at radius 3 is 2.42 bits per heavy atom. The number of carbonyl (C=O) groups is 1. The zero-order valence-corrected chi connectivity index (χ0v) is 16.6. The van der Waals surface area contributed by atoms with Crippen LogP contribution in [-0.2, 0) is 11.3 Å². The van der Waals surface area contributed by atoms with Crippen molar-refractivity contribution in [2.75, 3.05) is 0 Å². The zero-order chi connectivity index (χ0) is 22.1. The number of benzene rings is 2. The van der Waals surface area contributed by atoms with Crippen LogP contribution < -0.4 is 11.2 Å². The van der Waals surface area contributed by atoms with Crippen molar-refractivity contribution < 1.29 is 15.0 Å². The first-order valence-electron chi connectivity index (χ1n) is 9.61. The third kappa shape index (κ3) is 3.85. The monoisotopic (exact) mass is 420 g/mol. The second-order valence-corrected chi connectivity index (χ2v) is 7.25. The van der Waals surface area contributed by atoms with Crippen molar-refractivity contribution in [3.8, 4) is 11.6 Å². The van der Waals surface area contributed by atoms with Crippen LogP contribution in [0.15, 0.2) is 69.3 Å². The van der Waals surface area contributed by atoms with E-state index in [9.17, 15) is 24.6 Å². The smallest absolute Gasteiger partial charge is 0.331 e. The number of carbonyl (C=O) groups excluding carboxylic acids is 1. The number of aromatic amines is 1. The lowest BCUT2D eigenvalue weighted by Gasteiger charge is -2.20. The number of rotatable bonds is 4. The maximum absolute atomic E-state index is 12.6. The number of nitrogens with zero attached hydrogens (tertiary/aromatic N) is 3. The van der Waals surface area contributed by atoms with Gasteiger partial charge in [-0.1, -0.05) is 42.5 Å². The number of hydrazone groups is 1. The Balaban J connectivity index is 1.76. The van der Waals surface area contributed by atoms with Gasteiger partial charge in [-0.25, -0.2) is 9.80 Å². The lowest BCUT2D eigenvalue weighted by Crippen LogP contribution is -2.34. The molecule has 0 unspecified atom stereocenters. The van der Waals surface area contributed by atoms with E-state index in [4.69, 9.17) is 0 Å². The molecule has 3 aromatic rings. The average molecular weight is 420 g/mol. The van der Waals surface area contributed by atoms with Crippen LogP contribution in [-0.4, -0.2) is 36.4 Å². The highest BCUT2D eigenvalue weighted by atomic mass is 16.3. The van der Waals surface area contributed by atoms with E-state index in [0.717, 1.165) is 10.1 Å². The van der Waals surface area contributed by atoms with Gasteiger partial charge in [-0.15, -0.1) is 0 Å². The highest BCUT2D eigenvalue weighted by Gasteiger charge is 2.34. The molecule has 31 heavy (non-hydrogen) atoms. The van der Waals surface area contributed by atoms with Gasteiger partial charge in [-0.3, -0.25) is 19.1 Å². The molecule has 0 saturated heterocycles. The van der Waals surface area contributed by atoms with Crippen molar-refractivity contribution in [1.82, 2.24) is 14.6 Å². The predicted molar refractivity (Wildman–Crippen MR) is 113 cm³/mol. The lowest BCUT2D eigenvalue weighted by molar-refractivity contribution is -0.130. The minimum absolute atomic E-state index is 0.0559. The van der Waals surface area contributed by atoms with Crippen molar-refractivity contribution in [2.24, 2.45) is 5.10 Å². The second-order valence-electron chi connectivity index (χ2n) is 7.25. The van der Waals surface area contributed by atoms with Crippen LogP contribution in [0.1, 0.15) is 36.1 Å². The SMILES string of the molecule is CC(=O)N1N=C(c2c(O)n(Cc3ccccc3)c(=O)[nH]c2=O)C[C@@H]1c1ccc(O)cc1. The van der Waals surface area contributed by atoms with Gasteiger partial charge in [0, 0.05) is 13.3 Å². The summed E-state index contributed by atoms with van der Waals surface area (Å²) < 4.78 is 1.06. The zero-order valence-electron chi connectivity index (χ0n) is 16.6. The van der Waals surface area contributed by atoms with Gasteiger partial charge < -0.3 is 10.2 Å². The van der Waals surface area contributed by atoms with Gasteiger partial charge in [0.2, 0.25) is 11.8 Å². The van der Waals surface area contributed by atoms with Crippen molar-refractivity contribution >= 4 is 11.6 Å². The molecule has 2 aromatic carbocycles. The summed E-state index contributed by atoms with van der Waals surface area (Å²) >= 11 is 0. The lowest BCUT2D eigenvalue weighted by atomic mass is 9.99. The number of amides is 1. The Morgan fingerprint density at radius 1 is 1.10 bits per heavy atom. The highest BCUT2D eigenvalue weighted by molar-refractivity contribution is 6.04. The number of phenols is 1. The first-order chi connectivity index (χ1) is 14.8. The van der Waals surface area contributed by atoms with Crippen LogP contribution in [0, 0.1) is 0 Å². The fraction of sp³-hybridized carbons (Fsp3) is 0.182. The van der Waals surface area contributed by atoms with E-state index < -0.39 is 23.2 Å². The predicted octanol–water partition coefficient (Wildman–Crippen LogP) is 1.69. The normalized spacial score (nSPS) is 15.7. The number of hydrogen-bond acceptors (Lipinski definition) is 6. The first kappa shape index (κ1) is 20.1. The van der Waals surface area contributed by atoms with Gasteiger partial charge in [0.1, 0.15) is 11.3 Å². The summed E-state index contributed by atoms with van der Waals surface area (Å²) in [5.74, 6) is -0.771. The third-order valence-corrected chi connectivity index (χ3v) is 5.15. The van der Waals surface area contributed by atoms with E-state index in [2.05, 4.69) is 10.1 Å². The van der Waals surface area contributed by atoms with Gasteiger partial charge in [0.25, 0.3) is 5.56 Å². The quantitative estimate of drug-likeness (QED) is 0.592. The molecule has 1 aliphatic heterocycles. The van der Waals surface area contributed by atoms with Crippen LogP contribution in [0.2, 0.25) is 0 Å². The number of nitrogens with one attached hydrogen (secondary N) is 1. The molecule has 2 heterocycles. The maximum atomic E-state index is 12.6. The largest absolute Gasteiger partial charge is 0.508 e. The van der Waals surface area contributed by atoms with Gasteiger partial charge in [0.05, 0.1) is 18.3 Å². The fourth-order valence-corrected chi connectivity index (χ4v) is 3.64. The molecule has 0 aliphatic carbocycles. The van der Waals surface area contributed by atoms with E-state index in [-0.39, 0.29) is 35.9 Å². The van der Waals surface area contributed by atoms with E-state index in [1.807, 2.05) is 6.07 Å². The Bertz CT molecular complexity index is 1280. The summed E-state index contributed by atoms with van der Waals surface area (Å²) in [4.78, 5) is 39.3. The standard InChI is InChI=1S/C22H20N4O5/c1-13(27)26-18(15-7-9-16(28)10-8-15)11-17(24-26)19-20(29)23-22(31)25(21(19)30)12-14-5-3-2-4-6-14/h2-10,18,28,30H,11-12H2,1H3,(H,23,29,31)/t18-/m1/s1. The van der Waals surface area contributed by atoms with Gasteiger partial charge in [-0.05, 0) is 23.3 Å². The number of H-pyrrole nitrogens is 1. The molecule has 9 heteroatoms. The molecule has 0 radical (unpaired) electrons. The van der Waals surface area contributed by atoms with Crippen molar-refractivity contribution in [1.29, 1.82) is 0 Å². The number of aromatic hydroxyl groups is 2. The average Bonchev–Trinajstić information content (AvgIpc) is 3.17. The summed E-state index contributed by atoms with van der Waals surface area (Å²) in [7, 11) is 0. The summed E-state index contributed by atoms with van der Waals surface area (Å²) in [6, 6.07) is 14.8. The molecule has 3 N–H and O–H groups in total.